The molecule has 166 valence electrons. The van der Waals surface area contributed by atoms with Crippen LogP contribution < -0.4 is 5.32 Å². The molecule has 0 bridgehead atoms. The van der Waals surface area contributed by atoms with Gasteiger partial charge in [-0.05, 0) is 28.8 Å². The fraction of sp³-hybridized carbons (Fsp3) is 0.259. The summed E-state index contributed by atoms with van der Waals surface area (Å²) < 4.78 is 0. The molecule has 2 amide bonds. The van der Waals surface area contributed by atoms with Crippen LogP contribution in [0, 0.1) is 5.92 Å². The molecule has 0 aromatic heterocycles. The van der Waals surface area contributed by atoms with Crippen LogP contribution in [-0.2, 0) is 29.1 Å². The van der Waals surface area contributed by atoms with Gasteiger partial charge in [0.25, 0.3) is 0 Å². The molecule has 0 saturated carbocycles. The van der Waals surface area contributed by atoms with Gasteiger partial charge in [0, 0.05) is 30.5 Å². The standard InChI is InChI=1S/C27H29ClN2O2/c1-20(2)27(32)30(19-23-11-7-4-8-12-23)25(17-21-9-5-3-6-10-21)26(31)29-18-22-13-15-24(28)16-14-22/h3-16,20,25H,17-19H2,1-2H3,(H,29,31)/t25-/m1/s1. The van der Waals surface area contributed by atoms with E-state index in [4.69, 9.17) is 11.6 Å². The van der Waals surface area contributed by atoms with Gasteiger partial charge in [-0.2, -0.15) is 0 Å². The maximum Gasteiger partial charge on any atom is 0.243 e. The molecule has 1 N–H and O–H groups in total. The van der Waals surface area contributed by atoms with Gasteiger partial charge in [0.05, 0.1) is 0 Å². The van der Waals surface area contributed by atoms with E-state index in [2.05, 4.69) is 5.32 Å². The average Bonchev–Trinajstić information content (AvgIpc) is 2.81. The summed E-state index contributed by atoms with van der Waals surface area (Å²) in [4.78, 5) is 28.4. The van der Waals surface area contributed by atoms with Gasteiger partial charge in [0.1, 0.15) is 6.04 Å². The summed E-state index contributed by atoms with van der Waals surface area (Å²) in [5, 5.41) is 3.67. The maximum absolute atomic E-state index is 13.4. The first-order chi connectivity index (χ1) is 15.4. The molecule has 0 spiro atoms. The molecule has 32 heavy (non-hydrogen) atoms. The second kappa shape index (κ2) is 11.5. The molecule has 4 nitrogen and oxygen atoms in total. The van der Waals surface area contributed by atoms with Crippen LogP contribution in [0.25, 0.3) is 0 Å². The predicted molar refractivity (Wildman–Crippen MR) is 129 cm³/mol. The number of rotatable bonds is 9. The maximum atomic E-state index is 13.4. The molecule has 0 radical (unpaired) electrons. The third-order valence-corrected chi connectivity index (χ3v) is 5.56. The Morgan fingerprint density at radius 3 is 1.94 bits per heavy atom. The van der Waals surface area contributed by atoms with E-state index in [9.17, 15) is 9.59 Å². The van der Waals surface area contributed by atoms with E-state index in [0.29, 0.717) is 24.5 Å². The lowest BCUT2D eigenvalue weighted by molar-refractivity contribution is -0.143. The predicted octanol–water partition coefficient (Wildman–Crippen LogP) is 5.25. The summed E-state index contributed by atoms with van der Waals surface area (Å²) in [5.74, 6) is -0.439. The van der Waals surface area contributed by atoms with Crippen molar-refractivity contribution in [3.63, 3.8) is 0 Å². The van der Waals surface area contributed by atoms with Crippen molar-refractivity contribution >= 4 is 23.4 Å². The Balaban J connectivity index is 1.87. The smallest absolute Gasteiger partial charge is 0.243 e. The van der Waals surface area contributed by atoms with E-state index < -0.39 is 6.04 Å². The molecule has 3 aromatic rings. The minimum atomic E-state index is -0.625. The molecule has 3 rings (SSSR count). The number of carbonyl (C=O) groups is 2. The van der Waals surface area contributed by atoms with E-state index in [1.165, 1.54) is 0 Å². The fourth-order valence-electron chi connectivity index (χ4n) is 3.54. The van der Waals surface area contributed by atoms with Crippen LogP contribution in [0.2, 0.25) is 5.02 Å². The Kier molecular flexibility index (Phi) is 8.46. The number of nitrogens with one attached hydrogen (secondary N) is 1. The van der Waals surface area contributed by atoms with Crippen LogP contribution in [0.15, 0.2) is 84.9 Å². The molecule has 0 unspecified atom stereocenters. The van der Waals surface area contributed by atoms with Gasteiger partial charge < -0.3 is 10.2 Å². The van der Waals surface area contributed by atoms with Crippen LogP contribution in [0.3, 0.4) is 0 Å². The molecule has 0 aliphatic rings. The zero-order valence-electron chi connectivity index (χ0n) is 18.5. The topological polar surface area (TPSA) is 49.4 Å². The number of nitrogens with zero attached hydrogens (tertiary/aromatic N) is 1. The van der Waals surface area contributed by atoms with Crippen LogP contribution in [0.1, 0.15) is 30.5 Å². The minimum Gasteiger partial charge on any atom is -0.350 e. The van der Waals surface area contributed by atoms with Crippen LogP contribution >= 0.6 is 11.6 Å². The zero-order valence-corrected chi connectivity index (χ0v) is 19.3. The Bertz CT molecular complexity index is 1000. The van der Waals surface area contributed by atoms with Gasteiger partial charge in [-0.15, -0.1) is 0 Å². The lowest BCUT2D eigenvalue weighted by atomic mass is 10.0. The summed E-state index contributed by atoms with van der Waals surface area (Å²) in [6.45, 7) is 4.48. The van der Waals surface area contributed by atoms with Gasteiger partial charge in [-0.25, -0.2) is 0 Å². The average molecular weight is 449 g/mol. The summed E-state index contributed by atoms with van der Waals surface area (Å²) in [5.41, 5.74) is 2.95. The summed E-state index contributed by atoms with van der Waals surface area (Å²) >= 11 is 5.97. The third kappa shape index (κ3) is 6.69. The van der Waals surface area contributed by atoms with E-state index in [0.717, 1.165) is 16.7 Å². The first kappa shape index (κ1) is 23.6. The minimum absolute atomic E-state index is 0.0450. The second-order valence-electron chi connectivity index (χ2n) is 8.16. The van der Waals surface area contributed by atoms with E-state index in [1.54, 1.807) is 17.0 Å². The normalized spacial score (nSPS) is 11.8. The van der Waals surface area contributed by atoms with Crippen molar-refractivity contribution < 1.29 is 9.59 Å². The Labute approximate surface area is 195 Å². The molecule has 3 aromatic carbocycles. The number of amides is 2. The van der Waals surface area contributed by atoms with Gasteiger partial charge >= 0.3 is 0 Å². The number of hydrogen-bond acceptors (Lipinski definition) is 2. The molecule has 0 aliphatic heterocycles. The fourth-order valence-corrected chi connectivity index (χ4v) is 3.67. The van der Waals surface area contributed by atoms with E-state index in [1.807, 2.05) is 86.6 Å². The lowest BCUT2D eigenvalue weighted by Gasteiger charge is -2.32. The van der Waals surface area contributed by atoms with E-state index in [-0.39, 0.29) is 17.7 Å². The molecular formula is C27H29ClN2O2. The zero-order chi connectivity index (χ0) is 22.9. The van der Waals surface area contributed by atoms with Crippen molar-refractivity contribution in [2.24, 2.45) is 5.92 Å². The Morgan fingerprint density at radius 1 is 0.812 bits per heavy atom. The molecule has 0 heterocycles. The number of hydrogen-bond donors (Lipinski definition) is 1. The summed E-state index contributed by atoms with van der Waals surface area (Å²) in [7, 11) is 0. The van der Waals surface area contributed by atoms with Crippen molar-refractivity contribution in [2.45, 2.75) is 39.4 Å². The lowest BCUT2D eigenvalue weighted by Crippen LogP contribution is -2.51. The first-order valence-electron chi connectivity index (χ1n) is 10.8. The van der Waals surface area contributed by atoms with E-state index >= 15 is 0 Å². The van der Waals surface area contributed by atoms with Crippen LogP contribution in [0.4, 0.5) is 0 Å². The number of halogens is 1. The highest BCUT2D eigenvalue weighted by atomic mass is 35.5. The van der Waals surface area contributed by atoms with Gasteiger partial charge in [0.2, 0.25) is 11.8 Å². The van der Waals surface area contributed by atoms with Crippen LogP contribution in [-0.4, -0.2) is 22.8 Å². The van der Waals surface area contributed by atoms with Crippen molar-refractivity contribution in [1.29, 1.82) is 0 Å². The van der Waals surface area contributed by atoms with Crippen molar-refractivity contribution in [2.75, 3.05) is 0 Å². The Morgan fingerprint density at radius 2 is 1.38 bits per heavy atom. The number of carbonyl (C=O) groups excluding carboxylic acids is 2. The second-order valence-corrected chi connectivity index (χ2v) is 8.59. The molecule has 0 aliphatic carbocycles. The largest absolute Gasteiger partial charge is 0.350 e. The highest BCUT2D eigenvalue weighted by Gasteiger charge is 2.31. The first-order valence-corrected chi connectivity index (χ1v) is 11.2. The quantitative estimate of drug-likeness (QED) is 0.486. The number of benzene rings is 3. The van der Waals surface area contributed by atoms with Gasteiger partial charge in [-0.3, -0.25) is 9.59 Å². The highest BCUT2D eigenvalue weighted by molar-refractivity contribution is 6.30. The molecule has 0 fully saturated rings. The van der Waals surface area contributed by atoms with Crippen molar-refractivity contribution in [3.05, 3.63) is 107 Å². The van der Waals surface area contributed by atoms with Crippen LogP contribution in [0.5, 0.6) is 0 Å². The Hall–Kier alpha value is -3.11. The van der Waals surface area contributed by atoms with Crippen molar-refractivity contribution in [1.82, 2.24) is 10.2 Å². The van der Waals surface area contributed by atoms with Gasteiger partial charge in [0.15, 0.2) is 0 Å². The third-order valence-electron chi connectivity index (χ3n) is 5.30. The monoisotopic (exact) mass is 448 g/mol. The molecule has 0 saturated heterocycles. The molecular weight excluding hydrogens is 420 g/mol. The molecule has 1 atom stereocenters. The SMILES string of the molecule is CC(C)C(=O)N(Cc1ccccc1)[C@H](Cc1ccccc1)C(=O)NCc1ccc(Cl)cc1. The highest BCUT2D eigenvalue weighted by Crippen LogP contribution is 2.18. The summed E-state index contributed by atoms with van der Waals surface area (Å²) in [6, 6.07) is 26.3. The van der Waals surface area contributed by atoms with Crippen molar-refractivity contribution in [3.8, 4) is 0 Å². The summed E-state index contributed by atoms with van der Waals surface area (Å²) in [6.07, 6.45) is 0.443. The van der Waals surface area contributed by atoms with Gasteiger partial charge in [-0.1, -0.05) is 98.2 Å². The molecule has 5 heteroatoms.